The second-order valence-corrected chi connectivity index (χ2v) is 25.6. The van der Waals surface area contributed by atoms with Crippen molar-refractivity contribution in [3.63, 3.8) is 0 Å². The van der Waals surface area contributed by atoms with Gasteiger partial charge in [0, 0.05) is 104 Å². The van der Waals surface area contributed by atoms with Crippen LogP contribution >= 0.6 is 0 Å². The number of benzene rings is 13. The second kappa shape index (κ2) is 20.7. The van der Waals surface area contributed by atoms with Crippen LogP contribution in [0.4, 0.5) is 13.2 Å². The van der Waals surface area contributed by atoms with Gasteiger partial charge in [-0.25, -0.2) is 0 Å². The molecule has 0 spiro atoms. The first-order valence-corrected chi connectivity index (χ1v) is 32.8. The summed E-state index contributed by atoms with van der Waals surface area (Å²) in [6, 6.07) is 98.1. The van der Waals surface area contributed by atoms with E-state index >= 15 is 13.2 Å². The Morgan fingerprint density at radius 3 is 1.08 bits per heavy atom. The largest absolute Gasteiger partial charge is 0.417 e. The molecule has 0 amide bonds. The van der Waals surface area contributed by atoms with Gasteiger partial charge in [0.05, 0.1) is 95.9 Å². The van der Waals surface area contributed by atoms with Crippen LogP contribution in [0.2, 0.25) is 0 Å². The zero-order chi connectivity index (χ0) is 65.2. The average molecular weight is 1270 g/mol. The van der Waals surface area contributed by atoms with Crippen molar-refractivity contribution >= 4 is 126 Å². The molecule has 20 rings (SSSR count). The molecule has 13 aromatic carbocycles. The van der Waals surface area contributed by atoms with Gasteiger partial charge in [-0.05, 0) is 145 Å². The van der Waals surface area contributed by atoms with Gasteiger partial charge in [0.2, 0.25) is 0 Å². The maximum absolute atomic E-state index is 16.6. The van der Waals surface area contributed by atoms with Crippen molar-refractivity contribution < 1.29 is 13.2 Å². The lowest BCUT2D eigenvalue weighted by molar-refractivity contribution is -0.137. The Morgan fingerprint density at radius 2 is 0.684 bits per heavy atom. The molecule has 1 unspecified atom stereocenters. The molecule has 0 saturated carbocycles. The Kier molecular flexibility index (Phi) is 11.7. The fourth-order valence-electron chi connectivity index (χ4n) is 16.7. The normalized spacial score (nSPS) is 13.5. The fourth-order valence-corrected chi connectivity index (χ4v) is 16.7. The topological polar surface area (TPSA) is 77.2 Å². The second-order valence-electron chi connectivity index (χ2n) is 25.6. The summed E-state index contributed by atoms with van der Waals surface area (Å²) in [5, 5.41) is 34.5. The highest BCUT2D eigenvalue weighted by molar-refractivity contribution is 6.16. The molecule has 0 bridgehead atoms. The summed E-state index contributed by atoms with van der Waals surface area (Å²) in [5.41, 5.74) is 14.3. The van der Waals surface area contributed by atoms with Crippen LogP contribution in [0.5, 0.6) is 0 Å². The van der Waals surface area contributed by atoms with Crippen molar-refractivity contribution in [1.82, 2.24) is 27.4 Å². The Morgan fingerprint density at radius 1 is 0.327 bits per heavy atom. The van der Waals surface area contributed by atoms with Gasteiger partial charge >= 0.3 is 6.18 Å². The molecule has 1 aliphatic rings. The van der Waals surface area contributed by atoms with Crippen molar-refractivity contribution in [2.45, 2.75) is 18.6 Å². The first kappa shape index (κ1) is 55.4. The van der Waals surface area contributed by atoms with E-state index in [1.165, 1.54) is 12.1 Å². The van der Waals surface area contributed by atoms with Gasteiger partial charge in [-0.15, -0.1) is 0 Å². The van der Waals surface area contributed by atoms with Crippen LogP contribution in [-0.4, -0.2) is 27.4 Å². The third-order valence-corrected chi connectivity index (χ3v) is 20.6. The lowest BCUT2D eigenvalue weighted by Gasteiger charge is -2.25. The number of para-hydroxylation sites is 8. The van der Waals surface area contributed by atoms with E-state index in [4.69, 9.17) is 0 Å². The zero-order valence-corrected chi connectivity index (χ0v) is 52.2. The molecule has 6 heterocycles. The van der Waals surface area contributed by atoms with Crippen LogP contribution < -0.4 is 0 Å². The van der Waals surface area contributed by atoms with Crippen molar-refractivity contribution in [1.29, 1.82) is 10.5 Å². The molecular formula is C87H51F3N8. The molecule has 0 fully saturated rings. The highest BCUT2D eigenvalue weighted by Gasteiger charge is 2.38. The number of halogens is 3. The van der Waals surface area contributed by atoms with Gasteiger partial charge < -0.3 is 27.4 Å². The molecule has 0 N–H and O–H groups in total. The summed E-state index contributed by atoms with van der Waals surface area (Å²) in [6.07, 6.45) is -0.110. The molecule has 460 valence electrons. The lowest BCUT2D eigenvalue weighted by atomic mass is 9.90. The number of nitrogens with zero attached hydrogens (tertiary/aromatic N) is 8. The molecule has 1 atom stereocenters. The van der Waals surface area contributed by atoms with Gasteiger partial charge in [-0.1, -0.05) is 158 Å². The number of fused-ring (bicyclic) bond motifs is 18. The first-order valence-electron chi connectivity index (χ1n) is 32.8. The SMILES string of the molecule is N#Cc1cc(-n2c3c(c4cc(-n5c6ccccc6c6ccccc65)ccc42)CC(n2c4ccccc4c4ccccc42)C=C3)c(-c2c(C#N)cccc2C(F)(F)F)c(-n2c3ccc(-n4c5ccccc5c5ccccc54)cc3c3cc(-n4c5ccccc5c5ccccc54)ccc32)c1. The summed E-state index contributed by atoms with van der Waals surface area (Å²) in [5.74, 6) is 0. The summed E-state index contributed by atoms with van der Waals surface area (Å²) in [6.45, 7) is 0. The van der Waals surface area contributed by atoms with Crippen molar-refractivity contribution in [3.8, 4) is 51.7 Å². The van der Waals surface area contributed by atoms with Gasteiger partial charge in [-0.3, -0.25) is 0 Å². The van der Waals surface area contributed by atoms with Crippen molar-refractivity contribution in [2.75, 3.05) is 0 Å². The highest BCUT2D eigenvalue weighted by Crippen LogP contribution is 2.50. The van der Waals surface area contributed by atoms with Crippen LogP contribution in [0.3, 0.4) is 0 Å². The lowest BCUT2D eigenvalue weighted by Crippen LogP contribution is -2.15. The van der Waals surface area contributed by atoms with E-state index in [2.05, 4.69) is 272 Å². The standard InChI is InChI=1S/C87H51F3N8/c88-87(89,90)70-27-17-18-53(51-92)85(70)86-83(97-79-40-36-54(93-71-28-9-1-19-58(71)59-20-2-10-29-72(59)93)46-66(79)67-47-55(37-41-80(67)97)94-73-30-11-3-21-60(73)61-22-4-12-31-74(61)94)44-52(50-91)45-84(86)98-81-42-38-56(95-75-32-13-5-23-62(75)63-24-6-14-33-76(63)95)48-68(81)69-49-57(39-43-82(69)98)96-77-34-15-7-25-64(77)65-26-8-16-35-78(65)96/h1-48,57H,49H2. The number of nitriles is 2. The van der Waals surface area contributed by atoms with Crippen molar-refractivity contribution in [2.24, 2.45) is 0 Å². The predicted molar refractivity (Wildman–Crippen MR) is 392 cm³/mol. The summed E-state index contributed by atoms with van der Waals surface area (Å²) in [4.78, 5) is 0. The van der Waals surface area contributed by atoms with Gasteiger partial charge in [0.1, 0.15) is 0 Å². The summed E-state index contributed by atoms with van der Waals surface area (Å²) in [7, 11) is 0. The minimum absolute atomic E-state index is 0.134. The van der Waals surface area contributed by atoms with Crippen LogP contribution in [0.1, 0.15) is 34.0 Å². The van der Waals surface area contributed by atoms with Gasteiger partial charge in [0.15, 0.2) is 0 Å². The highest BCUT2D eigenvalue weighted by atomic mass is 19.4. The average Bonchev–Trinajstić information content (AvgIpc) is 1.42. The van der Waals surface area contributed by atoms with E-state index in [1.54, 1.807) is 12.1 Å². The Hall–Kier alpha value is -13.1. The molecule has 1 aliphatic carbocycles. The summed E-state index contributed by atoms with van der Waals surface area (Å²) >= 11 is 0. The van der Waals surface area contributed by atoms with E-state index in [0.29, 0.717) is 34.3 Å². The van der Waals surface area contributed by atoms with Gasteiger partial charge in [-0.2, -0.15) is 23.7 Å². The molecule has 0 aliphatic heterocycles. The predicted octanol–water partition coefficient (Wildman–Crippen LogP) is 22.4. The third kappa shape index (κ3) is 7.81. The molecular weight excluding hydrogens is 1210 g/mol. The molecule has 8 nitrogen and oxygen atoms in total. The Balaban J connectivity index is 0.914. The quantitative estimate of drug-likeness (QED) is 0.159. The van der Waals surface area contributed by atoms with E-state index in [-0.39, 0.29) is 28.3 Å². The third-order valence-electron chi connectivity index (χ3n) is 20.6. The van der Waals surface area contributed by atoms with Crippen LogP contribution in [0, 0.1) is 22.7 Å². The van der Waals surface area contributed by atoms with E-state index in [9.17, 15) is 10.5 Å². The Labute approximate surface area is 557 Å². The maximum atomic E-state index is 16.6. The van der Waals surface area contributed by atoms with Crippen LogP contribution in [0.25, 0.3) is 166 Å². The molecule has 19 aromatic rings. The number of hydrogen-bond donors (Lipinski definition) is 0. The number of allylic oxidation sites excluding steroid dienone is 1. The number of alkyl halides is 3. The maximum Gasteiger partial charge on any atom is 0.417 e. The van der Waals surface area contributed by atoms with E-state index in [0.717, 1.165) is 138 Å². The van der Waals surface area contributed by atoms with E-state index in [1.807, 2.05) is 28.8 Å². The number of hydrogen-bond acceptors (Lipinski definition) is 2. The number of rotatable bonds is 7. The summed E-state index contributed by atoms with van der Waals surface area (Å²) < 4.78 is 63.1. The molecule has 0 radical (unpaired) electrons. The molecule has 0 saturated heterocycles. The monoisotopic (exact) mass is 1260 g/mol. The first-order chi connectivity index (χ1) is 48.2. The number of aromatic nitrogens is 6. The smallest absolute Gasteiger partial charge is 0.333 e. The minimum atomic E-state index is -4.94. The molecule has 11 heteroatoms. The minimum Gasteiger partial charge on any atom is -0.333 e. The van der Waals surface area contributed by atoms with Crippen LogP contribution in [-0.2, 0) is 12.6 Å². The Bertz CT molecular complexity index is 6430. The van der Waals surface area contributed by atoms with Crippen molar-refractivity contribution in [3.05, 3.63) is 313 Å². The molecule has 6 aromatic heterocycles. The van der Waals surface area contributed by atoms with Gasteiger partial charge in [0.25, 0.3) is 0 Å². The van der Waals surface area contributed by atoms with Crippen LogP contribution in [0.15, 0.2) is 285 Å². The fraction of sp³-hybridized carbons (Fsp3) is 0.0345. The molecule has 98 heavy (non-hydrogen) atoms. The zero-order valence-electron chi connectivity index (χ0n) is 52.2. The van der Waals surface area contributed by atoms with E-state index < -0.39 is 11.7 Å².